The minimum absolute atomic E-state index is 0.0226. The molecule has 8 heteroatoms. The number of fused-ring (bicyclic) bond motifs is 1. The smallest absolute Gasteiger partial charge is 0.302 e. The normalized spacial score (nSPS) is 27.4. The van der Waals surface area contributed by atoms with E-state index in [1.807, 2.05) is 30.1 Å². The molecule has 2 saturated carbocycles. The molecule has 1 saturated heterocycles. The van der Waals surface area contributed by atoms with Crippen molar-refractivity contribution in [1.82, 2.24) is 9.80 Å². The third-order valence-electron chi connectivity index (χ3n) is 8.82. The molecule has 2 aromatic rings. The van der Waals surface area contributed by atoms with Crippen LogP contribution in [0.1, 0.15) is 50.2 Å². The number of piperidine rings is 1. The van der Waals surface area contributed by atoms with Gasteiger partial charge in [-0.3, -0.25) is 9.59 Å². The Morgan fingerprint density at radius 3 is 2.63 bits per heavy atom. The fourth-order valence-electron chi connectivity index (χ4n) is 6.66. The lowest BCUT2D eigenvalue weighted by atomic mass is 9.56. The van der Waals surface area contributed by atoms with Crippen LogP contribution >= 0.6 is 23.2 Å². The van der Waals surface area contributed by atoms with Gasteiger partial charge in [-0.2, -0.15) is 0 Å². The number of ether oxygens (including phenoxy) is 1. The van der Waals surface area contributed by atoms with Gasteiger partial charge in [-0.25, -0.2) is 0 Å². The number of esters is 1. The number of carbonyl (C=O) groups excluding carboxylic acids is 2. The molecule has 1 N–H and O–H groups in total. The SMILES string of the molecule is CC(=O)OC1C[C@H](N(C)C(=O)Cc2ccc(Cl)c(Cl)c2)C[C@]2(c3cccc(O)c3)CCN(CC3CC3)C[C@@H]12. The first-order valence-corrected chi connectivity index (χ1v) is 14.3. The summed E-state index contributed by atoms with van der Waals surface area (Å²) in [5.74, 6) is 0.758. The molecule has 38 heavy (non-hydrogen) atoms. The van der Waals surface area contributed by atoms with Crippen molar-refractivity contribution in [1.29, 1.82) is 0 Å². The first-order valence-electron chi connectivity index (χ1n) is 13.5. The van der Waals surface area contributed by atoms with E-state index in [4.69, 9.17) is 27.9 Å². The van der Waals surface area contributed by atoms with E-state index < -0.39 is 0 Å². The van der Waals surface area contributed by atoms with Gasteiger partial charge in [-0.1, -0.05) is 41.4 Å². The van der Waals surface area contributed by atoms with Crippen molar-refractivity contribution >= 4 is 35.1 Å². The second-order valence-electron chi connectivity index (χ2n) is 11.4. The molecule has 5 rings (SSSR count). The van der Waals surface area contributed by atoms with Crippen molar-refractivity contribution in [2.45, 2.75) is 63.0 Å². The lowest BCUT2D eigenvalue weighted by Gasteiger charge is -2.56. The van der Waals surface area contributed by atoms with Gasteiger partial charge in [-0.05, 0) is 73.5 Å². The van der Waals surface area contributed by atoms with E-state index >= 15 is 0 Å². The maximum Gasteiger partial charge on any atom is 0.302 e. The molecular weight excluding hydrogens is 523 g/mol. The number of rotatable bonds is 7. The quantitative estimate of drug-likeness (QED) is 0.456. The molecule has 4 atom stereocenters. The minimum atomic E-state index is -0.323. The average molecular weight is 560 g/mol. The van der Waals surface area contributed by atoms with Crippen LogP contribution in [-0.2, 0) is 26.2 Å². The van der Waals surface area contributed by atoms with Crippen LogP contribution in [0.5, 0.6) is 5.75 Å². The summed E-state index contributed by atoms with van der Waals surface area (Å²) < 4.78 is 6.02. The lowest BCUT2D eigenvalue weighted by molar-refractivity contribution is -0.160. The highest BCUT2D eigenvalue weighted by atomic mass is 35.5. The number of phenolic OH excluding ortho intramolecular Hbond substituents is 1. The summed E-state index contributed by atoms with van der Waals surface area (Å²) in [6.45, 7) is 4.34. The van der Waals surface area contributed by atoms with Gasteiger partial charge in [0.1, 0.15) is 11.9 Å². The van der Waals surface area contributed by atoms with Crippen molar-refractivity contribution in [2.75, 3.05) is 26.7 Å². The summed E-state index contributed by atoms with van der Waals surface area (Å²) in [5, 5.41) is 11.3. The van der Waals surface area contributed by atoms with Crippen molar-refractivity contribution in [3.05, 3.63) is 63.6 Å². The zero-order valence-corrected chi connectivity index (χ0v) is 23.5. The zero-order chi connectivity index (χ0) is 27.0. The van der Waals surface area contributed by atoms with Crippen LogP contribution in [0.2, 0.25) is 10.0 Å². The third-order valence-corrected chi connectivity index (χ3v) is 9.56. The highest BCUT2D eigenvalue weighted by Crippen LogP contribution is 2.52. The van der Waals surface area contributed by atoms with Gasteiger partial charge in [0, 0.05) is 50.9 Å². The third kappa shape index (κ3) is 5.83. The summed E-state index contributed by atoms with van der Waals surface area (Å²) >= 11 is 12.2. The molecule has 1 heterocycles. The van der Waals surface area contributed by atoms with Crippen LogP contribution in [0.4, 0.5) is 0 Å². The van der Waals surface area contributed by atoms with Gasteiger partial charge >= 0.3 is 5.97 Å². The summed E-state index contributed by atoms with van der Waals surface area (Å²) in [5.41, 5.74) is 1.54. The number of phenols is 1. The molecule has 1 aliphatic heterocycles. The maximum absolute atomic E-state index is 13.5. The van der Waals surface area contributed by atoms with Gasteiger partial charge in [0.05, 0.1) is 16.5 Å². The molecule has 204 valence electrons. The van der Waals surface area contributed by atoms with Gasteiger partial charge in [0.25, 0.3) is 0 Å². The second kappa shape index (κ2) is 11.1. The van der Waals surface area contributed by atoms with E-state index in [1.54, 1.807) is 18.2 Å². The van der Waals surface area contributed by atoms with Crippen molar-refractivity contribution < 1.29 is 19.4 Å². The number of hydrogen-bond donors (Lipinski definition) is 1. The van der Waals surface area contributed by atoms with E-state index in [2.05, 4.69) is 11.0 Å². The lowest BCUT2D eigenvalue weighted by Crippen LogP contribution is -2.62. The summed E-state index contributed by atoms with van der Waals surface area (Å²) in [6.07, 6.45) is 4.69. The maximum atomic E-state index is 13.5. The molecule has 1 unspecified atom stereocenters. The van der Waals surface area contributed by atoms with Gasteiger partial charge in [0.15, 0.2) is 0 Å². The molecule has 2 aliphatic carbocycles. The number of carbonyl (C=O) groups is 2. The summed E-state index contributed by atoms with van der Waals surface area (Å²) in [7, 11) is 1.84. The number of hydrogen-bond acceptors (Lipinski definition) is 5. The van der Waals surface area contributed by atoms with Crippen LogP contribution in [0, 0.1) is 11.8 Å². The van der Waals surface area contributed by atoms with E-state index in [1.165, 1.54) is 19.8 Å². The first kappa shape index (κ1) is 27.3. The number of aromatic hydroxyl groups is 1. The molecule has 0 bridgehead atoms. The standard InChI is InChI=1S/C30H36Cl2N2O4/c1-19(35)38-28-15-23(33(2)29(37)13-21-8-9-26(31)27(32)12-21)16-30(22-4-3-5-24(36)14-22)10-11-34(18-25(28)30)17-20-6-7-20/h3-5,8-9,12,14,20,23,25,28,36H,6-7,10-11,13,15-18H2,1-2H3/t23-,25-,28?,30-/m0/s1. The van der Waals surface area contributed by atoms with Gasteiger partial charge in [-0.15, -0.1) is 0 Å². The number of halogens is 2. The Morgan fingerprint density at radius 1 is 1.16 bits per heavy atom. The van der Waals surface area contributed by atoms with Crippen molar-refractivity contribution in [3.8, 4) is 5.75 Å². The number of benzene rings is 2. The highest BCUT2D eigenvalue weighted by molar-refractivity contribution is 6.42. The number of likely N-dealkylation sites (tertiary alicyclic amines) is 1. The summed E-state index contributed by atoms with van der Waals surface area (Å²) in [6, 6.07) is 12.6. The molecule has 1 amide bonds. The predicted octanol–water partition coefficient (Wildman–Crippen LogP) is 5.46. The van der Waals surface area contributed by atoms with Crippen LogP contribution in [0.15, 0.2) is 42.5 Å². The fourth-order valence-corrected chi connectivity index (χ4v) is 6.99. The van der Waals surface area contributed by atoms with E-state index in [0.717, 1.165) is 49.5 Å². The monoisotopic (exact) mass is 558 g/mol. The van der Waals surface area contributed by atoms with Gasteiger partial charge < -0.3 is 19.6 Å². The van der Waals surface area contributed by atoms with E-state index in [-0.39, 0.29) is 47.5 Å². The Bertz CT molecular complexity index is 1200. The molecule has 2 aromatic carbocycles. The predicted molar refractivity (Wildman–Crippen MR) is 149 cm³/mol. The average Bonchev–Trinajstić information content (AvgIpc) is 3.69. The number of likely N-dealkylation sites (N-methyl/N-ethyl adjacent to an activating group) is 1. The largest absolute Gasteiger partial charge is 0.508 e. The first-order chi connectivity index (χ1) is 18.1. The van der Waals surface area contributed by atoms with Crippen LogP contribution in [0.3, 0.4) is 0 Å². The van der Waals surface area contributed by atoms with Crippen molar-refractivity contribution in [3.63, 3.8) is 0 Å². The molecule has 0 spiro atoms. The van der Waals surface area contributed by atoms with Crippen molar-refractivity contribution in [2.24, 2.45) is 11.8 Å². The summed E-state index contributed by atoms with van der Waals surface area (Å²) in [4.78, 5) is 30.1. The van der Waals surface area contributed by atoms with E-state index in [9.17, 15) is 14.7 Å². The minimum Gasteiger partial charge on any atom is -0.508 e. The molecule has 6 nitrogen and oxygen atoms in total. The molecule has 3 fully saturated rings. The van der Waals surface area contributed by atoms with Crippen LogP contribution < -0.4 is 0 Å². The fraction of sp³-hybridized carbons (Fsp3) is 0.533. The Kier molecular flexibility index (Phi) is 7.95. The Balaban J connectivity index is 1.45. The molecule has 0 aromatic heterocycles. The van der Waals surface area contributed by atoms with E-state index in [0.29, 0.717) is 16.5 Å². The topological polar surface area (TPSA) is 70.1 Å². The Labute approximate surface area is 234 Å². The number of nitrogens with zero attached hydrogens (tertiary/aromatic N) is 2. The highest BCUT2D eigenvalue weighted by Gasteiger charge is 2.54. The Morgan fingerprint density at radius 2 is 1.95 bits per heavy atom. The molecular formula is C30H36Cl2N2O4. The zero-order valence-electron chi connectivity index (χ0n) is 22.0. The number of amides is 1. The molecule has 0 radical (unpaired) electrons. The second-order valence-corrected chi connectivity index (χ2v) is 12.3. The van der Waals surface area contributed by atoms with Crippen LogP contribution in [0.25, 0.3) is 0 Å². The Hall–Kier alpha value is -2.28. The van der Waals surface area contributed by atoms with Crippen LogP contribution in [-0.4, -0.2) is 65.6 Å². The van der Waals surface area contributed by atoms with Gasteiger partial charge in [0.2, 0.25) is 5.91 Å². The molecule has 3 aliphatic rings.